The predicted octanol–water partition coefficient (Wildman–Crippen LogP) is 3.05. The number of nitrogens with zero attached hydrogens (tertiary/aromatic N) is 2. The van der Waals surface area contributed by atoms with Crippen LogP contribution in [0.5, 0.6) is 0 Å². The minimum absolute atomic E-state index is 0.473. The molecule has 4 heteroatoms. The van der Waals surface area contributed by atoms with Crippen LogP contribution >= 0.6 is 11.3 Å². The Kier molecular flexibility index (Phi) is 3.02. The number of hydrogen-bond donors (Lipinski definition) is 1. The third-order valence-electron chi connectivity index (χ3n) is 2.50. The lowest BCUT2D eigenvalue weighted by Gasteiger charge is -2.16. The van der Waals surface area contributed by atoms with Crippen molar-refractivity contribution in [3.8, 4) is 10.6 Å². The Morgan fingerprint density at radius 1 is 1.24 bits per heavy atom. The molecule has 2 aromatic heterocycles. The average Bonchev–Trinajstić information content (AvgIpc) is 2.62. The summed E-state index contributed by atoms with van der Waals surface area (Å²) < 4.78 is 0. The van der Waals surface area contributed by atoms with Gasteiger partial charge in [0.15, 0.2) is 5.82 Å². The van der Waals surface area contributed by atoms with E-state index < -0.39 is 5.60 Å². The lowest BCUT2D eigenvalue weighted by atomic mass is 10.1. The molecule has 0 saturated heterocycles. The molecule has 0 aliphatic carbocycles. The molecule has 2 heterocycles. The van der Waals surface area contributed by atoms with Crippen molar-refractivity contribution in [1.29, 1.82) is 0 Å². The van der Waals surface area contributed by atoms with Crippen LogP contribution < -0.4 is 0 Å². The Morgan fingerprint density at radius 3 is 2.47 bits per heavy atom. The van der Waals surface area contributed by atoms with E-state index in [1.807, 2.05) is 18.4 Å². The Labute approximate surface area is 105 Å². The first-order valence-electron chi connectivity index (χ1n) is 5.51. The maximum absolute atomic E-state index is 9.98. The zero-order chi connectivity index (χ0) is 12.6. The molecular formula is C13H16N2OS. The van der Waals surface area contributed by atoms with Crippen molar-refractivity contribution in [2.75, 3.05) is 0 Å². The standard InChI is InChI=1S/C13H16N2OS/c1-8-5-6-17-11(8)10-7-9(2)14-12(15-10)13(3,4)16/h5-7,16H,1-4H3. The lowest BCUT2D eigenvalue weighted by molar-refractivity contribution is 0.0686. The highest BCUT2D eigenvalue weighted by Crippen LogP contribution is 2.29. The van der Waals surface area contributed by atoms with Crippen LogP contribution in [-0.2, 0) is 5.60 Å². The van der Waals surface area contributed by atoms with Crippen LogP contribution in [0.1, 0.15) is 30.9 Å². The molecule has 0 amide bonds. The van der Waals surface area contributed by atoms with Crippen molar-refractivity contribution in [2.45, 2.75) is 33.3 Å². The van der Waals surface area contributed by atoms with Crippen molar-refractivity contribution in [3.63, 3.8) is 0 Å². The zero-order valence-electron chi connectivity index (χ0n) is 10.5. The first-order valence-corrected chi connectivity index (χ1v) is 6.39. The quantitative estimate of drug-likeness (QED) is 0.888. The van der Waals surface area contributed by atoms with Gasteiger partial charge in [0.2, 0.25) is 0 Å². The summed E-state index contributed by atoms with van der Waals surface area (Å²) in [5.74, 6) is 0.473. The normalized spacial score (nSPS) is 11.8. The highest BCUT2D eigenvalue weighted by Gasteiger charge is 2.21. The molecule has 1 N–H and O–H groups in total. The van der Waals surface area contributed by atoms with Gasteiger partial charge in [-0.15, -0.1) is 11.3 Å². The fourth-order valence-corrected chi connectivity index (χ4v) is 2.48. The summed E-state index contributed by atoms with van der Waals surface area (Å²) >= 11 is 1.66. The molecule has 0 fully saturated rings. The minimum atomic E-state index is -1.01. The van der Waals surface area contributed by atoms with Gasteiger partial charge in [-0.2, -0.15) is 0 Å². The number of aryl methyl sites for hydroxylation is 2. The molecule has 0 saturated carbocycles. The molecular weight excluding hydrogens is 232 g/mol. The Bertz CT molecular complexity index is 541. The first kappa shape index (κ1) is 12.2. The van der Waals surface area contributed by atoms with Gasteiger partial charge in [-0.1, -0.05) is 0 Å². The summed E-state index contributed by atoms with van der Waals surface area (Å²) in [6.07, 6.45) is 0. The van der Waals surface area contributed by atoms with Crippen LogP contribution in [0.2, 0.25) is 0 Å². The topological polar surface area (TPSA) is 46.0 Å². The molecule has 17 heavy (non-hydrogen) atoms. The van der Waals surface area contributed by atoms with Gasteiger partial charge in [-0.3, -0.25) is 0 Å². The summed E-state index contributed by atoms with van der Waals surface area (Å²) in [4.78, 5) is 9.89. The molecule has 0 aliphatic heterocycles. The molecule has 0 spiro atoms. The van der Waals surface area contributed by atoms with Crippen molar-refractivity contribution >= 4 is 11.3 Å². The van der Waals surface area contributed by atoms with Crippen molar-refractivity contribution in [2.24, 2.45) is 0 Å². The van der Waals surface area contributed by atoms with E-state index >= 15 is 0 Å². The molecule has 2 aromatic rings. The van der Waals surface area contributed by atoms with Crippen molar-refractivity contribution < 1.29 is 5.11 Å². The maximum Gasteiger partial charge on any atom is 0.160 e. The predicted molar refractivity (Wildman–Crippen MR) is 70.1 cm³/mol. The smallest absolute Gasteiger partial charge is 0.160 e. The molecule has 0 radical (unpaired) electrons. The van der Waals surface area contributed by atoms with Gasteiger partial charge in [0.25, 0.3) is 0 Å². The summed E-state index contributed by atoms with van der Waals surface area (Å²) in [7, 11) is 0. The molecule has 0 atom stereocenters. The van der Waals surface area contributed by atoms with Crippen LogP contribution in [0.25, 0.3) is 10.6 Å². The van der Waals surface area contributed by atoms with E-state index in [9.17, 15) is 5.11 Å². The average molecular weight is 248 g/mol. The Morgan fingerprint density at radius 2 is 1.94 bits per heavy atom. The third kappa shape index (κ3) is 2.53. The molecule has 0 aromatic carbocycles. The van der Waals surface area contributed by atoms with Gasteiger partial charge in [-0.25, -0.2) is 9.97 Å². The highest BCUT2D eigenvalue weighted by molar-refractivity contribution is 7.13. The van der Waals surface area contributed by atoms with Gasteiger partial charge in [0.1, 0.15) is 5.60 Å². The number of aliphatic hydroxyl groups is 1. The van der Waals surface area contributed by atoms with Gasteiger partial charge in [0, 0.05) is 5.69 Å². The highest BCUT2D eigenvalue weighted by atomic mass is 32.1. The van der Waals surface area contributed by atoms with Crippen LogP contribution in [0.3, 0.4) is 0 Å². The molecule has 0 unspecified atom stereocenters. The fraction of sp³-hybridized carbons (Fsp3) is 0.385. The van der Waals surface area contributed by atoms with Crippen molar-refractivity contribution in [1.82, 2.24) is 9.97 Å². The largest absolute Gasteiger partial charge is 0.382 e. The van der Waals surface area contributed by atoms with Crippen LogP contribution in [0.4, 0.5) is 0 Å². The van der Waals surface area contributed by atoms with E-state index in [-0.39, 0.29) is 0 Å². The number of aromatic nitrogens is 2. The number of thiophene rings is 1. The van der Waals surface area contributed by atoms with Crippen molar-refractivity contribution in [3.05, 3.63) is 34.6 Å². The lowest BCUT2D eigenvalue weighted by Crippen LogP contribution is -2.20. The number of hydrogen-bond acceptors (Lipinski definition) is 4. The molecule has 0 aliphatic rings. The Balaban J connectivity index is 2.57. The Hall–Kier alpha value is -1.26. The van der Waals surface area contributed by atoms with Crippen LogP contribution in [0, 0.1) is 13.8 Å². The molecule has 2 rings (SSSR count). The van der Waals surface area contributed by atoms with E-state index in [2.05, 4.69) is 23.0 Å². The second-order valence-corrected chi connectivity index (χ2v) is 5.63. The van der Waals surface area contributed by atoms with Gasteiger partial charge in [-0.05, 0) is 50.8 Å². The molecule has 0 bridgehead atoms. The van der Waals surface area contributed by atoms with Gasteiger partial charge >= 0.3 is 0 Å². The second-order valence-electron chi connectivity index (χ2n) is 4.71. The van der Waals surface area contributed by atoms with E-state index in [0.29, 0.717) is 5.82 Å². The van der Waals surface area contributed by atoms with Crippen LogP contribution in [-0.4, -0.2) is 15.1 Å². The van der Waals surface area contributed by atoms with Crippen LogP contribution in [0.15, 0.2) is 17.5 Å². The SMILES string of the molecule is Cc1cc(-c2sccc2C)nc(C(C)(C)O)n1. The van der Waals surface area contributed by atoms with E-state index in [1.54, 1.807) is 25.2 Å². The summed E-state index contributed by atoms with van der Waals surface area (Å²) in [6, 6.07) is 4.02. The summed E-state index contributed by atoms with van der Waals surface area (Å²) in [5.41, 5.74) is 1.96. The fourth-order valence-electron chi connectivity index (χ4n) is 1.59. The molecule has 90 valence electrons. The molecule has 3 nitrogen and oxygen atoms in total. The number of rotatable bonds is 2. The van der Waals surface area contributed by atoms with Gasteiger partial charge in [0.05, 0.1) is 10.6 Å². The maximum atomic E-state index is 9.98. The van der Waals surface area contributed by atoms with Gasteiger partial charge < -0.3 is 5.11 Å². The van der Waals surface area contributed by atoms with E-state index in [1.165, 1.54) is 5.56 Å². The van der Waals surface area contributed by atoms with E-state index in [4.69, 9.17) is 0 Å². The zero-order valence-corrected chi connectivity index (χ0v) is 11.3. The first-order chi connectivity index (χ1) is 7.88. The third-order valence-corrected chi connectivity index (χ3v) is 3.54. The van der Waals surface area contributed by atoms with E-state index in [0.717, 1.165) is 16.3 Å². The minimum Gasteiger partial charge on any atom is -0.382 e. The summed E-state index contributed by atoms with van der Waals surface area (Å²) in [5, 5.41) is 12.0. The monoisotopic (exact) mass is 248 g/mol. The second kappa shape index (κ2) is 4.20. The summed E-state index contributed by atoms with van der Waals surface area (Å²) in [6.45, 7) is 7.38.